The van der Waals surface area contributed by atoms with Crippen molar-refractivity contribution in [3.63, 3.8) is 0 Å². The van der Waals surface area contributed by atoms with Crippen molar-refractivity contribution in [3.8, 4) is 0 Å². The van der Waals surface area contributed by atoms with Crippen LogP contribution in [0.15, 0.2) is 35.3 Å². The fourth-order valence-electron chi connectivity index (χ4n) is 1.57. The van der Waals surface area contributed by atoms with Crippen molar-refractivity contribution in [1.29, 1.82) is 0 Å². The summed E-state index contributed by atoms with van der Waals surface area (Å²) in [7, 11) is 0. The quantitative estimate of drug-likeness (QED) is 0.623. The number of hydrogen-bond acceptors (Lipinski definition) is 5. The molecule has 2 aromatic heterocycles. The average Bonchev–Trinajstić information content (AvgIpc) is 2.99. The molecule has 2 heterocycles. The number of primary amides is 1. The van der Waals surface area contributed by atoms with Crippen molar-refractivity contribution in [1.82, 2.24) is 14.8 Å². The molecule has 2 rings (SSSR count). The maximum atomic E-state index is 10.8. The monoisotopic (exact) mass is 294 g/mol. The van der Waals surface area contributed by atoms with Gasteiger partial charge in [0.05, 0.1) is 5.75 Å². The second-order valence-corrected chi connectivity index (χ2v) is 5.78. The highest BCUT2D eigenvalue weighted by Gasteiger charge is 2.13. The number of thiophene rings is 1. The van der Waals surface area contributed by atoms with E-state index in [0.29, 0.717) is 11.7 Å². The fourth-order valence-corrected chi connectivity index (χ4v) is 2.98. The number of amides is 1. The third kappa shape index (κ3) is 3.68. The van der Waals surface area contributed by atoms with Crippen LogP contribution in [0.2, 0.25) is 0 Å². The second kappa shape index (κ2) is 6.53. The van der Waals surface area contributed by atoms with Gasteiger partial charge in [-0.15, -0.1) is 28.1 Å². The zero-order valence-corrected chi connectivity index (χ0v) is 11.9. The van der Waals surface area contributed by atoms with E-state index >= 15 is 0 Å². The van der Waals surface area contributed by atoms with Crippen LogP contribution < -0.4 is 5.73 Å². The highest BCUT2D eigenvalue weighted by Crippen LogP contribution is 2.20. The first-order valence-corrected chi connectivity index (χ1v) is 7.53. The molecule has 2 aromatic rings. The van der Waals surface area contributed by atoms with Gasteiger partial charge in [-0.1, -0.05) is 23.9 Å². The number of allylic oxidation sites excluding steroid dienone is 1. The summed E-state index contributed by atoms with van der Waals surface area (Å²) >= 11 is 2.98. The molecule has 19 heavy (non-hydrogen) atoms. The molecule has 0 aliphatic rings. The summed E-state index contributed by atoms with van der Waals surface area (Å²) in [5, 5.41) is 11.0. The van der Waals surface area contributed by atoms with Gasteiger partial charge in [0.25, 0.3) is 0 Å². The van der Waals surface area contributed by atoms with Crippen LogP contribution in [0.4, 0.5) is 0 Å². The molecule has 1 amide bonds. The van der Waals surface area contributed by atoms with Crippen molar-refractivity contribution in [2.75, 3.05) is 5.75 Å². The van der Waals surface area contributed by atoms with Crippen molar-refractivity contribution < 1.29 is 4.79 Å². The fraction of sp³-hybridized carbons (Fsp3) is 0.250. The summed E-state index contributed by atoms with van der Waals surface area (Å²) in [5.41, 5.74) is 5.15. The van der Waals surface area contributed by atoms with E-state index < -0.39 is 0 Å². The Morgan fingerprint density at radius 3 is 3.05 bits per heavy atom. The van der Waals surface area contributed by atoms with Crippen LogP contribution in [-0.2, 0) is 17.8 Å². The molecule has 0 atom stereocenters. The van der Waals surface area contributed by atoms with Crippen LogP contribution >= 0.6 is 23.1 Å². The van der Waals surface area contributed by atoms with Crippen LogP contribution in [0.1, 0.15) is 10.7 Å². The van der Waals surface area contributed by atoms with Gasteiger partial charge in [0.15, 0.2) is 5.16 Å². The molecule has 0 unspecified atom stereocenters. The van der Waals surface area contributed by atoms with Gasteiger partial charge in [-0.2, -0.15) is 0 Å². The van der Waals surface area contributed by atoms with Crippen molar-refractivity contribution >= 4 is 29.0 Å². The minimum atomic E-state index is -0.363. The smallest absolute Gasteiger partial charge is 0.227 e. The first-order valence-electron chi connectivity index (χ1n) is 5.67. The summed E-state index contributed by atoms with van der Waals surface area (Å²) < 4.78 is 1.96. The molecule has 0 radical (unpaired) electrons. The summed E-state index contributed by atoms with van der Waals surface area (Å²) in [6, 6.07) is 4.07. The Morgan fingerprint density at radius 1 is 1.58 bits per heavy atom. The molecular formula is C12H14N4OS2. The van der Waals surface area contributed by atoms with Gasteiger partial charge in [0.1, 0.15) is 5.82 Å². The largest absolute Gasteiger partial charge is 0.369 e. The van der Waals surface area contributed by atoms with E-state index in [1.165, 1.54) is 16.6 Å². The van der Waals surface area contributed by atoms with Crippen molar-refractivity contribution in [3.05, 3.63) is 40.9 Å². The number of aromatic nitrogens is 3. The number of carbonyl (C=O) groups is 1. The number of hydrogen-bond donors (Lipinski definition) is 1. The molecule has 0 aromatic carbocycles. The van der Waals surface area contributed by atoms with Gasteiger partial charge in [-0.05, 0) is 11.4 Å². The van der Waals surface area contributed by atoms with E-state index in [1.807, 2.05) is 16.0 Å². The predicted octanol–water partition coefficient (Wildman–Crippen LogP) is 1.69. The van der Waals surface area contributed by atoms with Crippen LogP contribution in [0.25, 0.3) is 0 Å². The minimum Gasteiger partial charge on any atom is -0.369 e. The van der Waals surface area contributed by atoms with Crippen molar-refractivity contribution in [2.45, 2.75) is 18.1 Å². The molecule has 0 aliphatic carbocycles. The molecule has 0 saturated heterocycles. The number of rotatable bonds is 7. The molecule has 0 fully saturated rings. The molecular weight excluding hydrogens is 280 g/mol. The van der Waals surface area contributed by atoms with Gasteiger partial charge in [-0.25, -0.2) is 0 Å². The normalized spacial score (nSPS) is 10.5. The Bertz CT molecular complexity index is 562. The summed E-state index contributed by atoms with van der Waals surface area (Å²) in [6.45, 7) is 4.36. The highest BCUT2D eigenvalue weighted by molar-refractivity contribution is 7.99. The third-order valence-electron chi connectivity index (χ3n) is 2.36. The first-order chi connectivity index (χ1) is 9.20. The summed E-state index contributed by atoms with van der Waals surface area (Å²) in [4.78, 5) is 12.1. The van der Waals surface area contributed by atoms with Crippen molar-refractivity contribution in [2.24, 2.45) is 5.73 Å². The molecule has 5 nitrogen and oxygen atoms in total. The van der Waals surface area contributed by atoms with Gasteiger partial charge < -0.3 is 10.3 Å². The zero-order chi connectivity index (χ0) is 13.7. The SMILES string of the molecule is C=CCn1c(Cc2cccs2)nnc1SCC(N)=O. The first kappa shape index (κ1) is 13.8. The average molecular weight is 294 g/mol. The lowest BCUT2D eigenvalue weighted by Crippen LogP contribution is -2.14. The number of thioether (sulfide) groups is 1. The Hall–Kier alpha value is -1.60. The minimum absolute atomic E-state index is 0.203. The standard InChI is InChI=1S/C12H14N4OS2/c1-2-5-16-11(7-9-4-3-6-18-9)14-15-12(16)19-8-10(13)17/h2-4,6H,1,5,7-8H2,(H2,13,17). The van der Waals surface area contributed by atoms with E-state index in [2.05, 4.69) is 22.8 Å². The number of nitrogens with zero attached hydrogens (tertiary/aromatic N) is 3. The maximum absolute atomic E-state index is 10.8. The molecule has 100 valence electrons. The molecule has 2 N–H and O–H groups in total. The van der Waals surface area contributed by atoms with E-state index in [-0.39, 0.29) is 11.7 Å². The number of nitrogens with two attached hydrogens (primary N) is 1. The Labute approximate surface area is 119 Å². The Kier molecular flexibility index (Phi) is 4.75. The molecule has 7 heteroatoms. The lowest BCUT2D eigenvalue weighted by molar-refractivity contribution is -0.115. The van der Waals surface area contributed by atoms with E-state index in [1.54, 1.807) is 17.4 Å². The summed E-state index contributed by atoms with van der Waals surface area (Å²) in [5.74, 6) is 0.709. The van der Waals surface area contributed by atoms with Gasteiger partial charge in [0, 0.05) is 17.8 Å². The zero-order valence-electron chi connectivity index (χ0n) is 10.3. The van der Waals surface area contributed by atoms with E-state index in [0.717, 1.165) is 12.2 Å². The highest BCUT2D eigenvalue weighted by atomic mass is 32.2. The molecule has 0 spiro atoms. The van der Waals surface area contributed by atoms with Gasteiger partial charge in [0.2, 0.25) is 5.91 Å². The Morgan fingerprint density at radius 2 is 2.42 bits per heavy atom. The maximum Gasteiger partial charge on any atom is 0.227 e. The second-order valence-electron chi connectivity index (χ2n) is 3.81. The predicted molar refractivity (Wildman–Crippen MR) is 77.3 cm³/mol. The topological polar surface area (TPSA) is 73.8 Å². The van der Waals surface area contributed by atoms with E-state index in [4.69, 9.17) is 5.73 Å². The lowest BCUT2D eigenvalue weighted by Gasteiger charge is -2.06. The third-order valence-corrected chi connectivity index (χ3v) is 4.23. The Balaban J connectivity index is 2.18. The summed E-state index contributed by atoms with van der Waals surface area (Å²) in [6.07, 6.45) is 2.52. The van der Waals surface area contributed by atoms with Crippen LogP contribution in [0.3, 0.4) is 0 Å². The van der Waals surface area contributed by atoms with Crippen LogP contribution in [0, 0.1) is 0 Å². The van der Waals surface area contributed by atoms with E-state index in [9.17, 15) is 4.79 Å². The number of carbonyl (C=O) groups excluding carboxylic acids is 1. The van der Waals surface area contributed by atoms with Gasteiger partial charge >= 0.3 is 0 Å². The lowest BCUT2D eigenvalue weighted by atomic mass is 10.3. The molecule has 0 bridgehead atoms. The van der Waals surface area contributed by atoms with Gasteiger partial charge in [-0.3, -0.25) is 4.79 Å². The molecule has 0 aliphatic heterocycles. The van der Waals surface area contributed by atoms with Crippen LogP contribution in [0.5, 0.6) is 0 Å². The van der Waals surface area contributed by atoms with Crippen LogP contribution in [-0.4, -0.2) is 26.4 Å². The molecule has 0 saturated carbocycles.